The number of likely N-dealkylation sites (tertiary alicyclic amines) is 1. The molecule has 1 atom stereocenters. The molecule has 1 amide bonds. The van der Waals surface area contributed by atoms with E-state index < -0.39 is 10.0 Å². The molecule has 0 aliphatic carbocycles. The van der Waals surface area contributed by atoms with Crippen molar-refractivity contribution in [1.82, 2.24) is 9.62 Å². The summed E-state index contributed by atoms with van der Waals surface area (Å²) in [6, 6.07) is 12.2. The normalized spacial score (nSPS) is 17.7. The van der Waals surface area contributed by atoms with Crippen LogP contribution in [0.4, 0.5) is 4.39 Å². The van der Waals surface area contributed by atoms with Gasteiger partial charge in [-0.05, 0) is 35.7 Å². The molecule has 138 valence electrons. The van der Waals surface area contributed by atoms with E-state index >= 15 is 0 Å². The van der Waals surface area contributed by atoms with Gasteiger partial charge in [-0.25, -0.2) is 17.5 Å². The van der Waals surface area contributed by atoms with Gasteiger partial charge in [-0.2, -0.15) is 0 Å². The Hall–Kier alpha value is -1.96. The molecule has 1 fully saturated rings. The van der Waals surface area contributed by atoms with E-state index in [2.05, 4.69) is 4.72 Å². The Bertz CT molecular complexity index is 903. The first-order valence-electron chi connectivity index (χ1n) is 8.11. The van der Waals surface area contributed by atoms with E-state index in [4.69, 9.17) is 11.6 Å². The highest BCUT2D eigenvalue weighted by molar-refractivity contribution is 7.89. The van der Waals surface area contributed by atoms with Crippen LogP contribution in [-0.4, -0.2) is 32.3 Å². The summed E-state index contributed by atoms with van der Waals surface area (Å²) in [6.45, 7) is 0.980. The number of amides is 1. The van der Waals surface area contributed by atoms with Crippen molar-refractivity contribution in [2.75, 3.05) is 13.1 Å². The lowest BCUT2D eigenvalue weighted by atomic mass is 10.1. The van der Waals surface area contributed by atoms with Gasteiger partial charge < -0.3 is 4.90 Å². The third-order valence-corrected chi connectivity index (χ3v) is 6.19. The average molecular weight is 397 g/mol. The van der Waals surface area contributed by atoms with Gasteiger partial charge in [-0.1, -0.05) is 35.9 Å². The first-order chi connectivity index (χ1) is 12.3. The van der Waals surface area contributed by atoms with Crippen molar-refractivity contribution in [2.45, 2.75) is 17.9 Å². The van der Waals surface area contributed by atoms with Gasteiger partial charge in [0.2, 0.25) is 15.9 Å². The molecule has 26 heavy (non-hydrogen) atoms. The van der Waals surface area contributed by atoms with Crippen molar-refractivity contribution in [3.8, 4) is 0 Å². The number of nitrogens with zero attached hydrogens (tertiary/aromatic N) is 1. The van der Waals surface area contributed by atoms with Crippen molar-refractivity contribution < 1.29 is 17.6 Å². The Morgan fingerprint density at radius 2 is 1.85 bits per heavy atom. The standard InChI is InChI=1S/C18H18ClFN2O3S/c19-16-3-1-2-4-17(16)26(24,25)21-10-14-9-18(23)22(12-14)11-13-5-7-15(20)8-6-13/h1-8,14,21H,9-12H2. The molecule has 3 rings (SSSR count). The molecule has 1 aliphatic heterocycles. The minimum Gasteiger partial charge on any atom is -0.338 e. The summed E-state index contributed by atoms with van der Waals surface area (Å²) < 4.78 is 40.2. The number of hydrogen-bond donors (Lipinski definition) is 1. The summed E-state index contributed by atoms with van der Waals surface area (Å²) >= 11 is 5.94. The van der Waals surface area contributed by atoms with E-state index in [0.29, 0.717) is 13.1 Å². The second-order valence-corrected chi connectivity index (χ2v) is 8.40. The van der Waals surface area contributed by atoms with Gasteiger partial charge in [0, 0.05) is 26.1 Å². The molecule has 1 heterocycles. The number of nitrogens with one attached hydrogen (secondary N) is 1. The topological polar surface area (TPSA) is 66.5 Å². The lowest BCUT2D eigenvalue weighted by Gasteiger charge is -2.17. The minimum atomic E-state index is -3.73. The number of halogens is 2. The van der Waals surface area contributed by atoms with E-state index in [1.165, 1.54) is 24.3 Å². The number of hydrogen-bond acceptors (Lipinski definition) is 3. The second-order valence-electron chi connectivity index (χ2n) is 6.25. The van der Waals surface area contributed by atoms with Gasteiger partial charge in [0.05, 0.1) is 5.02 Å². The number of sulfonamides is 1. The van der Waals surface area contributed by atoms with Crippen LogP contribution in [0.5, 0.6) is 0 Å². The molecule has 8 heteroatoms. The van der Waals surface area contributed by atoms with Crippen molar-refractivity contribution in [3.63, 3.8) is 0 Å². The monoisotopic (exact) mass is 396 g/mol. The van der Waals surface area contributed by atoms with Crippen LogP contribution in [0.2, 0.25) is 5.02 Å². The smallest absolute Gasteiger partial charge is 0.242 e. The van der Waals surface area contributed by atoms with Gasteiger partial charge in [-0.15, -0.1) is 0 Å². The Morgan fingerprint density at radius 3 is 2.54 bits per heavy atom. The summed E-state index contributed by atoms with van der Waals surface area (Å²) in [4.78, 5) is 13.8. The van der Waals surface area contributed by atoms with Crippen LogP contribution in [0.15, 0.2) is 53.4 Å². The predicted octanol–water partition coefficient (Wildman–Crippen LogP) is 2.81. The SMILES string of the molecule is O=C1CC(CNS(=O)(=O)c2ccccc2Cl)CN1Cc1ccc(F)cc1. The van der Waals surface area contributed by atoms with Crippen LogP contribution < -0.4 is 4.72 Å². The molecular formula is C18H18ClFN2O3S. The summed E-state index contributed by atoms with van der Waals surface area (Å²) in [5, 5.41) is 0.153. The summed E-state index contributed by atoms with van der Waals surface area (Å²) in [6.07, 6.45) is 0.270. The molecule has 0 radical (unpaired) electrons. The van der Waals surface area contributed by atoms with Gasteiger partial charge in [0.25, 0.3) is 0 Å². The van der Waals surface area contributed by atoms with Crippen molar-refractivity contribution in [2.24, 2.45) is 5.92 Å². The van der Waals surface area contributed by atoms with Crippen LogP contribution in [-0.2, 0) is 21.4 Å². The summed E-state index contributed by atoms with van der Waals surface area (Å²) in [5.41, 5.74) is 0.831. The number of carbonyl (C=O) groups excluding carboxylic acids is 1. The zero-order valence-corrected chi connectivity index (χ0v) is 15.4. The largest absolute Gasteiger partial charge is 0.338 e. The molecule has 1 N–H and O–H groups in total. The highest BCUT2D eigenvalue weighted by atomic mass is 35.5. The zero-order valence-electron chi connectivity index (χ0n) is 13.9. The Labute approximate surface area is 156 Å². The van der Waals surface area contributed by atoms with Crippen molar-refractivity contribution in [1.29, 1.82) is 0 Å². The van der Waals surface area contributed by atoms with E-state index in [-0.39, 0.29) is 40.5 Å². The first kappa shape index (κ1) is 18.8. The van der Waals surface area contributed by atoms with Gasteiger partial charge in [-0.3, -0.25) is 4.79 Å². The molecule has 1 saturated heterocycles. The van der Waals surface area contributed by atoms with E-state index in [1.807, 2.05) is 0 Å². The van der Waals surface area contributed by atoms with Crippen molar-refractivity contribution in [3.05, 3.63) is 64.9 Å². The van der Waals surface area contributed by atoms with Gasteiger partial charge >= 0.3 is 0 Å². The predicted molar refractivity (Wildman–Crippen MR) is 96.6 cm³/mol. The number of rotatable bonds is 6. The van der Waals surface area contributed by atoms with E-state index in [0.717, 1.165) is 5.56 Å². The van der Waals surface area contributed by atoms with E-state index in [1.54, 1.807) is 29.2 Å². The molecule has 0 aromatic heterocycles. The van der Waals surface area contributed by atoms with Gasteiger partial charge in [0.1, 0.15) is 10.7 Å². The van der Waals surface area contributed by atoms with Crippen molar-refractivity contribution >= 4 is 27.5 Å². The maximum atomic E-state index is 13.0. The molecule has 1 aliphatic rings. The molecule has 2 aromatic rings. The van der Waals surface area contributed by atoms with Crippen LogP contribution in [0, 0.1) is 11.7 Å². The fraction of sp³-hybridized carbons (Fsp3) is 0.278. The molecule has 0 spiro atoms. The fourth-order valence-corrected chi connectivity index (χ4v) is 4.56. The quantitative estimate of drug-likeness (QED) is 0.816. The third-order valence-electron chi connectivity index (χ3n) is 4.27. The Balaban J connectivity index is 1.59. The minimum absolute atomic E-state index is 0.0224. The maximum absolute atomic E-state index is 13.0. The summed E-state index contributed by atoms with van der Waals surface area (Å²) in [7, 11) is -3.73. The molecule has 5 nitrogen and oxygen atoms in total. The third kappa shape index (κ3) is 4.41. The fourth-order valence-electron chi connectivity index (χ4n) is 2.92. The second kappa shape index (κ2) is 7.73. The highest BCUT2D eigenvalue weighted by Gasteiger charge is 2.30. The highest BCUT2D eigenvalue weighted by Crippen LogP contribution is 2.23. The van der Waals surface area contributed by atoms with Crippen LogP contribution in [0.3, 0.4) is 0 Å². The zero-order chi connectivity index (χ0) is 18.7. The Kier molecular flexibility index (Phi) is 5.60. The molecule has 2 aromatic carbocycles. The maximum Gasteiger partial charge on any atom is 0.242 e. The molecule has 1 unspecified atom stereocenters. The molecular weight excluding hydrogens is 379 g/mol. The molecule has 0 saturated carbocycles. The number of carbonyl (C=O) groups is 1. The van der Waals surface area contributed by atoms with Crippen LogP contribution >= 0.6 is 11.6 Å². The Morgan fingerprint density at radius 1 is 1.15 bits per heavy atom. The molecule has 0 bridgehead atoms. The number of benzene rings is 2. The lowest BCUT2D eigenvalue weighted by molar-refractivity contribution is -0.128. The van der Waals surface area contributed by atoms with Gasteiger partial charge in [0.15, 0.2) is 0 Å². The van der Waals surface area contributed by atoms with Crippen LogP contribution in [0.1, 0.15) is 12.0 Å². The average Bonchev–Trinajstić information content (AvgIpc) is 2.95. The first-order valence-corrected chi connectivity index (χ1v) is 9.97. The summed E-state index contributed by atoms with van der Waals surface area (Å²) in [5.74, 6) is -0.496. The van der Waals surface area contributed by atoms with E-state index in [9.17, 15) is 17.6 Å². The lowest BCUT2D eigenvalue weighted by Crippen LogP contribution is -2.31. The van der Waals surface area contributed by atoms with Crippen LogP contribution in [0.25, 0.3) is 0 Å².